The van der Waals surface area contributed by atoms with E-state index in [9.17, 15) is 9.18 Å². The normalized spacial score (nSPS) is 14.7. The summed E-state index contributed by atoms with van der Waals surface area (Å²) in [6.07, 6.45) is 1.84. The predicted molar refractivity (Wildman–Crippen MR) is 140 cm³/mol. The Balaban J connectivity index is 1.68. The van der Waals surface area contributed by atoms with Crippen LogP contribution in [0.3, 0.4) is 0 Å². The number of hydrogen-bond acceptors (Lipinski definition) is 6. The van der Waals surface area contributed by atoms with Gasteiger partial charge in [-0.3, -0.25) is 9.36 Å². The minimum Gasteiger partial charge on any atom is -0.493 e. The van der Waals surface area contributed by atoms with Gasteiger partial charge in [-0.2, -0.15) is 0 Å². The molecule has 7 nitrogen and oxygen atoms in total. The van der Waals surface area contributed by atoms with Crippen LogP contribution in [0.25, 0.3) is 5.69 Å². The van der Waals surface area contributed by atoms with Gasteiger partial charge in [0.05, 0.1) is 31.9 Å². The summed E-state index contributed by atoms with van der Waals surface area (Å²) in [6, 6.07) is 12.2. The van der Waals surface area contributed by atoms with E-state index >= 15 is 0 Å². The highest BCUT2D eigenvalue weighted by molar-refractivity contribution is 7.99. The number of benzene rings is 2. The Bertz CT molecular complexity index is 1200. The van der Waals surface area contributed by atoms with E-state index in [0.717, 1.165) is 43.1 Å². The first-order valence-electron chi connectivity index (χ1n) is 11.9. The first kappa shape index (κ1) is 26.0. The zero-order valence-electron chi connectivity index (χ0n) is 21.5. The average Bonchev–Trinajstić information content (AvgIpc) is 3.32. The van der Waals surface area contributed by atoms with Gasteiger partial charge in [0, 0.05) is 37.3 Å². The molecule has 0 unspecified atom stereocenters. The molecule has 0 N–H and O–H groups in total. The third kappa shape index (κ3) is 5.37. The van der Waals surface area contributed by atoms with Gasteiger partial charge in [0.15, 0.2) is 16.7 Å². The summed E-state index contributed by atoms with van der Waals surface area (Å²) in [5.74, 6) is 1.38. The molecular formula is C27H33FN4O3S. The number of piperazine rings is 1. The van der Waals surface area contributed by atoms with Crippen molar-refractivity contribution in [3.05, 3.63) is 65.7 Å². The van der Waals surface area contributed by atoms with Crippen molar-refractivity contribution >= 4 is 17.7 Å². The van der Waals surface area contributed by atoms with Gasteiger partial charge in [-0.1, -0.05) is 31.7 Å². The summed E-state index contributed by atoms with van der Waals surface area (Å²) in [5.41, 5.74) is 2.22. The van der Waals surface area contributed by atoms with Crippen molar-refractivity contribution in [3.63, 3.8) is 0 Å². The molecule has 1 aromatic heterocycles. The second-order valence-corrected chi connectivity index (χ2v) is 10.3. The number of amides is 1. The number of carbonyl (C=O) groups excluding carboxylic acids is 1. The molecular weight excluding hydrogens is 479 g/mol. The Morgan fingerprint density at radius 1 is 1.03 bits per heavy atom. The third-order valence-corrected chi connectivity index (χ3v) is 7.68. The van der Waals surface area contributed by atoms with Crippen molar-refractivity contribution in [2.75, 3.05) is 53.2 Å². The molecule has 3 aromatic rings. The molecule has 2 aromatic carbocycles. The van der Waals surface area contributed by atoms with Crippen molar-refractivity contribution in [3.8, 4) is 17.2 Å². The lowest BCUT2D eigenvalue weighted by Crippen LogP contribution is -2.47. The molecule has 4 rings (SSSR count). The SMILES string of the molecule is COc1ccc(C(C)(C)c2cnc(SCC(=O)N3CCN(C)CC3)n2-c2ccc(F)cc2)cc1OC. The van der Waals surface area contributed by atoms with Crippen molar-refractivity contribution in [1.29, 1.82) is 0 Å². The van der Waals surface area contributed by atoms with Gasteiger partial charge in [-0.15, -0.1) is 0 Å². The number of carbonyl (C=O) groups is 1. The molecule has 1 amide bonds. The molecule has 1 aliphatic heterocycles. The van der Waals surface area contributed by atoms with E-state index in [-0.39, 0.29) is 17.5 Å². The summed E-state index contributed by atoms with van der Waals surface area (Å²) < 4.78 is 26.7. The molecule has 0 radical (unpaired) electrons. The van der Waals surface area contributed by atoms with E-state index in [1.807, 2.05) is 33.9 Å². The number of rotatable bonds is 8. The fraction of sp³-hybridized carbons (Fsp3) is 0.407. The van der Waals surface area contributed by atoms with E-state index in [2.05, 4.69) is 25.8 Å². The van der Waals surface area contributed by atoms with E-state index in [0.29, 0.717) is 16.7 Å². The summed E-state index contributed by atoms with van der Waals surface area (Å²) in [6.45, 7) is 7.44. The van der Waals surface area contributed by atoms with Crippen LogP contribution in [0.4, 0.5) is 4.39 Å². The minimum atomic E-state index is -0.485. The van der Waals surface area contributed by atoms with Crippen molar-refractivity contribution in [1.82, 2.24) is 19.4 Å². The maximum atomic E-state index is 13.8. The number of likely N-dealkylation sites (N-methyl/N-ethyl adjacent to an activating group) is 1. The van der Waals surface area contributed by atoms with Gasteiger partial charge in [-0.05, 0) is 49.0 Å². The maximum absolute atomic E-state index is 13.8. The highest BCUT2D eigenvalue weighted by Crippen LogP contribution is 2.39. The van der Waals surface area contributed by atoms with Gasteiger partial charge in [0.2, 0.25) is 5.91 Å². The van der Waals surface area contributed by atoms with E-state index in [1.165, 1.54) is 23.9 Å². The smallest absolute Gasteiger partial charge is 0.233 e. The van der Waals surface area contributed by atoms with E-state index in [4.69, 9.17) is 14.5 Å². The molecule has 0 atom stereocenters. The summed E-state index contributed by atoms with van der Waals surface area (Å²) in [5, 5.41) is 0.688. The minimum absolute atomic E-state index is 0.0995. The topological polar surface area (TPSA) is 59.8 Å². The number of thioether (sulfide) groups is 1. The first-order chi connectivity index (χ1) is 17.2. The van der Waals surface area contributed by atoms with Gasteiger partial charge >= 0.3 is 0 Å². The number of hydrogen-bond donors (Lipinski definition) is 0. The Morgan fingerprint density at radius 2 is 1.69 bits per heavy atom. The highest BCUT2D eigenvalue weighted by atomic mass is 32.2. The number of methoxy groups -OCH3 is 2. The van der Waals surface area contributed by atoms with Crippen LogP contribution in [0, 0.1) is 5.82 Å². The second-order valence-electron chi connectivity index (χ2n) is 9.41. The van der Waals surface area contributed by atoms with Crippen LogP contribution < -0.4 is 9.47 Å². The number of ether oxygens (including phenoxy) is 2. The fourth-order valence-corrected chi connectivity index (χ4v) is 5.26. The zero-order valence-corrected chi connectivity index (χ0v) is 22.3. The molecule has 1 saturated heterocycles. The Morgan fingerprint density at radius 3 is 2.33 bits per heavy atom. The van der Waals surface area contributed by atoms with Crippen molar-refractivity contribution in [2.24, 2.45) is 0 Å². The molecule has 0 spiro atoms. The van der Waals surface area contributed by atoms with Gasteiger partial charge in [0.1, 0.15) is 5.82 Å². The summed E-state index contributed by atoms with van der Waals surface area (Å²) in [4.78, 5) is 21.7. The quantitative estimate of drug-likeness (QED) is 0.421. The Hall–Kier alpha value is -3.04. The molecule has 36 heavy (non-hydrogen) atoms. The van der Waals surface area contributed by atoms with Gasteiger partial charge in [0.25, 0.3) is 0 Å². The van der Waals surface area contributed by atoms with Gasteiger partial charge < -0.3 is 19.3 Å². The maximum Gasteiger partial charge on any atom is 0.233 e. The lowest BCUT2D eigenvalue weighted by molar-refractivity contribution is -0.129. The fourth-order valence-electron chi connectivity index (χ4n) is 4.36. The second kappa shape index (κ2) is 10.9. The first-order valence-corrected chi connectivity index (χ1v) is 12.9. The lowest BCUT2D eigenvalue weighted by atomic mass is 9.81. The Kier molecular flexibility index (Phi) is 7.90. The lowest BCUT2D eigenvalue weighted by Gasteiger charge is -2.32. The molecule has 192 valence electrons. The van der Waals surface area contributed by atoms with Crippen LogP contribution in [-0.2, 0) is 10.2 Å². The van der Waals surface area contributed by atoms with Crippen LogP contribution in [0.5, 0.6) is 11.5 Å². The van der Waals surface area contributed by atoms with Crippen LogP contribution in [0.2, 0.25) is 0 Å². The molecule has 0 saturated carbocycles. The third-order valence-electron chi connectivity index (χ3n) is 6.74. The number of aromatic nitrogens is 2. The molecule has 0 aliphatic carbocycles. The molecule has 0 bridgehead atoms. The standard InChI is InChI=1S/C27H33FN4O3S/c1-27(2,19-6-11-22(34-4)23(16-19)35-5)24-17-29-26(32(24)21-9-7-20(28)8-10-21)36-18-25(33)31-14-12-30(3)13-15-31/h6-11,16-17H,12-15,18H2,1-5H3. The van der Waals surface area contributed by atoms with Crippen LogP contribution in [0.15, 0.2) is 53.8 Å². The Labute approximate surface area is 216 Å². The number of imidazole rings is 1. The number of halogens is 1. The molecule has 2 heterocycles. The number of nitrogens with zero attached hydrogens (tertiary/aromatic N) is 4. The average molecular weight is 513 g/mol. The predicted octanol–water partition coefficient (Wildman–Crippen LogP) is 4.22. The van der Waals surface area contributed by atoms with Crippen LogP contribution in [-0.4, -0.2) is 78.5 Å². The van der Waals surface area contributed by atoms with Crippen molar-refractivity contribution in [2.45, 2.75) is 24.4 Å². The highest BCUT2D eigenvalue weighted by Gasteiger charge is 2.31. The van der Waals surface area contributed by atoms with Crippen LogP contribution >= 0.6 is 11.8 Å². The summed E-state index contributed by atoms with van der Waals surface area (Å²) >= 11 is 1.40. The monoisotopic (exact) mass is 512 g/mol. The largest absolute Gasteiger partial charge is 0.493 e. The van der Waals surface area contributed by atoms with Crippen molar-refractivity contribution < 1.29 is 18.7 Å². The van der Waals surface area contributed by atoms with E-state index in [1.54, 1.807) is 26.4 Å². The molecule has 1 aliphatic rings. The van der Waals surface area contributed by atoms with Crippen LogP contribution in [0.1, 0.15) is 25.1 Å². The zero-order chi connectivity index (χ0) is 25.9. The van der Waals surface area contributed by atoms with E-state index < -0.39 is 5.41 Å². The van der Waals surface area contributed by atoms with Gasteiger partial charge in [-0.25, -0.2) is 9.37 Å². The summed E-state index contributed by atoms with van der Waals surface area (Å²) in [7, 11) is 5.29. The molecule has 1 fully saturated rings. The molecule has 9 heteroatoms.